The van der Waals surface area contributed by atoms with E-state index in [0.717, 1.165) is 12.2 Å². The van der Waals surface area contributed by atoms with E-state index in [1.807, 2.05) is 0 Å². The summed E-state index contributed by atoms with van der Waals surface area (Å²) in [6.07, 6.45) is 2.96. The zero-order chi connectivity index (χ0) is 14.2. The van der Waals surface area contributed by atoms with Gasteiger partial charge in [-0.25, -0.2) is 4.57 Å². The molecule has 0 bridgehead atoms. The molecule has 9 heteroatoms. The van der Waals surface area contributed by atoms with Crippen LogP contribution in [0.5, 0.6) is 0 Å². The second kappa shape index (κ2) is 4.85. The average molecular weight is 296 g/mol. The molecule has 1 rings (SSSR count). The van der Waals surface area contributed by atoms with Gasteiger partial charge in [-0.3, -0.25) is 9.13 Å². The summed E-state index contributed by atoms with van der Waals surface area (Å²) in [5.74, 6) is 0. The number of hydrogen-bond donors (Lipinski definition) is 4. The SMILES string of the molecule is Cc1ccc[n+](CC(O)(P(C)(=O)O)P(=O)(O)O)c1. The van der Waals surface area contributed by atoms with Gasteiger partial charge in [0.25, 0.3) is 0 Å². The van der Waals surface area contributed by atoms with Gasteiger partial charge in [-0.1, -0.05) is 0 Å². The highest BCUT2D eigenvalue weighted by molar-refractivity contribution is 7.74. The smallest absolute Gasteiger partial charge is 0.365 e. The number of pyridine rings is 1. The van der Waals surface area contributed by atoms with Crippen LogP contribution in [-0.2, 0) is 15.7 Å². The van der Waals surface area contributed by atoms with E-state index in [2.05, 4.69) is 0 Å². The van der Waals surface area contributed by atoms with Gasteiger partial charge in [0.05, 0.1) is 0 Å². The maximum atomic E-state index is 11.6. The van der Waals surface area contributed by atoms with E-state index < -0.39 is 26.6 Å². The molecule has 4 N–H and O–H groups in total. The molecule has 1 aromatic rings. The van der Waals surface area contributed by atoms with Crippen LogP contribution in [0.3, 0.4) is 0 Å². The van der Waals surface area contributed by atoms with Crippen molar-refractivity contribution in [1.82, 2.24) is 0 Å². The van der Waals surface area contributed by atoms with Gasteiger partial charge in [0, 0.05) is 18.3 Å². The maximum absolute atomic E-state index is 11.6. The molecular weight excluding hydrogens is 280 g/mol. The molecule has 2 unspecified atom stereocenters. The zero-order valence-corrected chi connectivity index (χ0v) is 11.8. The molecule has 0 saturated heterocycles. The first-order valence-electron chi connectivity index (χ1n) is 5.01. The standard InChI is InChI=1S/C9H15NO6P2/c1-8-4-3-5-10(6-8)7-9(11,17(2,12)13)18(14,15)16/h3-6,11H,7H2,1-2H3,(H2-,12,13,14,15,16)/p+1. The van der Waals surface area contributed by atoms with Crippen molar-refractivity contribution in [2.45, 2.75) is 18.6 Å². The van der Waals surface area contributed by atoms with Gasteiger partial charge in [-0.15, -0.1) is 0 Å². The minimum absolute atomic E-state index is 0.663. The van der Waals surface area contributed by atoms with Crippen LogP contribution in [0.4, 0.5) is 0 Å². The third kappa shape index (κ3) is 3.06. The Hall–Kier alpha value is -0.550. The van der Waals surface area contributed by atoms with Crippen LogP contribution in [0.1, 0.15) is 5.56 Å². The minimum atomic E-state index is -5.17. The molecule has 0 fully saturated rings. The fourth-order valence-electron chi connectivity index (χ4n) is 1.46. The third-order valence-electron chi connectivity index (χ3n) is 2.53. The normalized spacial score (nSPS) is 19.0. The Balaban J connectivity index is 3.25. The molecule has 2 atom stereocenters. The lowest BCUT2D eigenvalue weighted by Crippen LogP contribution is -2.47. The van der Waals surface area contributed by atoms with Gasteiger partial charge in [0.2, 0.25) is 7.37 Å². The summed E-state index contributed by atoms with van der Waals surface area (Å²) >= 11 is 0. The Morgan fingerprint density at radius 2 is 1.89 bits per heavy atom. The van der Waals surface area contributed by atoms with E-state index in [1.54, 1.807) is 19.1 Å². The van der Waals surface area contributed by atoms with Crippen LogP contribution in [0.15, 0.2) is 24.5 Å². The molecule has 0 amide bonds. The van der Waals surface area contributed by atoms with Crippen molar-refractivity contribution in [3.8, 4) is 0 Å². The lowest BCUT2D eigenvalue weighted by Gasteiger charge is -2.27. The van der Waals surface area contributed by atoms with E-state index in [0.29, 0.717) is 0 Å². The molecule has 18 heavy (non-hydrogen) atoms. The topological polar surface area (TPSA) is 119 Å². The van der Waals surface area contributed by atoms with E-state index in [-0.39, 0.29) is 0 Å². The van der Waals surface area contributed by atoms with E-state index in [9.17, 15) is 19.1 Å². The maximum Gasteiger partial charge on any atom is 0.373 e. The summed E-state index contributed by atoms with van der Waals surface area (Å²) < 4.78 is 24.1. The van der Waals surface area contributed by atoms with Crippen molar-refractivity contribution >= 4 is 15.0 Å². The van der Waals surface area contributed by atoms with Gasteiger partial charge in [0.1, 0.15) is 0 Å². The fourth-order valence-corrected chi connectivity index (χ4v) is 4.17. The van der Waals surface area contributed by atoms with Crippen molar-refractivity contribution in [3.05, 3.63) is 30.1 Å². The first-order chi connectivity index (χ1) is 7.97. The van der Waals surface area contributed by atoms with Crippen molar-refractivity contribution in [2.24, 2.45) is 0 Å². The van der Waals surface area contributed by atoms with Gasteiger partial charge in [-0.05, 0) is 13.0 Å². The Kier molecular flexibility index (Phi) is 4.18. The molecule has 0 aliphatic carbocycles. The van der Waals surface area contributed by atoms with E-state index in [1.165, 1.54) is 17.0 Å². The number of aromatic nitrogens is 1. The highest BCUT2D eigenvalue weighted by Gasteiger charge is 2.60. The number of aliphatic hydroxyl groups is 1. The molecule has 0 aliphatic heterocycles. The van der Waals surface area contributed by atoms with Crippen molar-refractivity contribution in [1.29, 1.82) is 0 Å². The molecule has 7 nitrogen and oxygen atoms in total. The number of rotatable bonds is 4. The monoisotopic (exact) mass is 296 g/mol. The number of aryl methyl sites for hydroxylation is 1. The predicted octanol–water partition coefficient (Wildman–Crippen LogP) is 0.00652. The fraction of sp³-hybridized carbons (Fsp3) is 0.444. The van der Waals surface area contributed by atoms with Crippen LogP contribution < -0.4 is 4.57 Å². The zero-order valence-electron chi connectivity index (χ0n) is 9.96. The largest absolute Gasteiger partial charge is 0.373 e. The quantitative estimate of drug-likeness (QED) is 0.459. The molecule has 0 aliphatic rings. The van der Waals surface area contributed by atoms with Gasteiger partial charge < -0.3 is 19.8 Å². The second-order valence-electron chi connectivity index (χ2n) is 4.25. The Labute approximate surface area is 104 Å². The highest BCUT2D eigenvalue weighted by atomic mass is 31.2. The lowest BCUT2D eigenvalue weighted by atomic mass is 10.3. The summed E-state index contributed by atoms with van der Waals surface area (Å²) in [7, 11) is -9.59. The van der Waals surface area contributed by atoms with E-state index in [4.69, 9.17) is 9.79 Å². The lowest BCUT2D eigenvalue weighted by molar-refractivity contribution is -0.703. The van der Waals surface area contributed by atoms with Crippen molar-refractivity contribution in [3.63, 3.8) is 0 Å². The molecule has 0 radical (unpaired) electrons. The van der Waals surface area contributed by atoms with Crippen LogP contribution in [0.2, 0.25) is 0 Å². The van der Waals surface area contributed by atoms with E-state index >= 15 is 0 Å². The first kappa shape index (κ1) is 15.5. The van der Waals surface area contributed by atoms with Gasteiger partial charge in [0.15, 0.2) is 18.9 Å². The summed E-state index contributed by atoms with van der Waals surface area (Å²) in [4.78, 5) is 27.6. The Morgan fingerprint density at radius 1 is 1.33 bits per heavy atom. The van der Waals surface area contributed by atoms with Gasteiger partial charge >= 0.3 is 12.7 Å². The summed E-state index contributed by atoms with van der Waals surface area (Å²) in [6, 6.07) is 3.35. The number of nitrogens with zero attached hydrogens (tertiary/aromatic N) is 1. The minimum Gasteiger partial charge on any atom is -0.365 e. The molecule has 0 saturated carbocycles. The molecule has 1 aromatic heterocycles. The Bertz CT molecular complexity index is 512. The number of hydrogen-bond acceptors (Lipinski definition) is 3. The summed E-state index contributed by atoms with van der Waals surface area (Å²) in [5, 5.41) is 6.94. The van der Waals surface area contributed by atoms with Crippen LogP contribution in [0.25, 0.3) is 0 Å². The Morgan fingerprint density at radius 3 is 2.28 bits per heavy atom. The highest BCUT2D eigenvalue weighted by Crippen LogP contribution is 2.67. The summed E-state index contributed by atoms with van der Waals surface area (Å²) in [6.45, 7) is 1.81. The van der Waals surface area contributed by atoms with Crippen LogP contribution in [0, 0.1) is 6.92 Å². The van der Waals surface area contributed by atoms with Crippen LogP contribution in [-0.4, -0.2) is 31.5 Å². The van der Waals surface area contributed by atoms with Crippen LogP contribution >= 0.6 is 15.0 Å². The third-order valence-corrected chi connectivity index (χ3v) is 6.97. The van der Waals surface area contributed by atoms with Crippen molar-refractivity contribution in [2.75, 3.05) is 6.66 Å². The second-order valence-corrected chi connectivity index (χ2v) is 8.93. The molecular formula is C9H16NO6P2+. The molecule has 1 heterocycles. The molecule has 0 spiro atoms. The van der Waals surface area contributed by atoms with Gasteiger partial charge in [-0.2, -0.15) is 0 Å². The predicted molar refractivity (Wildman–Crippen MR) is 64.1 cm³/mol. The molecule has 102 valence electrons. The first-order valence-corrected chi connectivity index (χ1v) is 8.73. The summed E-state index contributed by atoms with van der Waals surface area (Å²) in [5.41, 5.74) is 0.787. The molecule has 0 aromatic carbocycles. The average Bonchev–Trinajstić information content (AvgIpc) is 2.13. The van der Waals surface area contributed by atoms with Crippen molar-refractivity contribution < 1.29 is 33.5 Å².